The second kappa shape index (κ2) is 4.61. The van der Waals surface area contributed by atoms with E-state index in [0.717, 1.165) is 18.8 Å². The van der Waals surface area contributed by atoms with Crippen LogP contribution in [0.15, 0.2) is 42.5 Å². The maximum absolute atomic E-state index is 6.03. The normalized spacial score (nSPS) is 15.4. The van der Waals surface area contributed by atoms with Gasteiger partial charge in [-0.15, -0.1) is 0 Å². The number of hydrogen-bond donors (Lipinski definition) is 1. The minimum atomic E-state index is 0.656. The predicted octanol–water partition coefficient (Wildman–Crippen LogP) is 3.49. The van der Waals surface area contributed by atoms with Crippen LogP contribution in [0.5, 0.6) is 0 Å². The van der Waals surface area contributed by atoms with Crippen molar-refractivity contribution in [1.29, 1.82) is 0 Å². The molecule has 0 unspecified atom stereocenters. The Hall–Kier alpha value is -1.96. The van der Waals surface area contributed by atoms with Crippen molar-refractivity contribution >= 4 is 11.4 Å². The fraction of sp³-hybridized carbons (Fsp3) is 0.294. The van der Waals surface area contributed by atoms with E-state index in [-0.39, 0.29) is 0 Å². The van der Waals surface area contributed by atoms with E-state index < -0.39 is 0 Å². The van der Waals surface area contributed by atoms with Gasteiger partial charge in [-0.05, 0) is 36.6 Å². The number of nitrogen functional groups attached to an aromatic ring is 1. The SMILES string of the molecule is Cc1cc(C)c(N2CC(c3ccccc3)C2)cc1N. The van der Waals surface area contributed by atoms with Crippen molar-refractivity contribution in [2.24, 2.45) is 0 Å². The Balaban J connectivity index is 1.76. The van der Waals surface area contributed by atoms with Crippen LogP contribution >= 0.6 is 0 Å². The molecule has 0 aromatic heterocycles. The first-order chi connectivity index (χ1) is 9.15. The molecule has 3 rings (SSSR count). The highest BCUT2D eigenvalue weighted by Gasteiger charge is 2.29. The third kappa shape index (κ3) is 2.19. The number of hydrogen-bond acceptors (Lipinski definition) is 2. The Kier molecular flexibility index (Phi) is 2.94. The predicted molar refractivity (Wildman–Crippen MR) is 81.7 cm³/mol. The van der Waals surface area contributed by atoms with E-state index in [4.69, 9.17) is 5.73 Å². The Bertz CT molecular complexity index is 584. The molecule has 1 heterocycles. The van der Waals surface area contributed by atoms with Crippen LogP contribution in [0.4, 0.5) is 11.4 Å². The summed E-state index contributed by atoms with van der Waals surface area (Å²) in [5.74, 6) is 0.656. The fourth-order valence-electron chi connectivity index (χ4n) is 2.81. The largest absolute Gasteiger partial charge is 0.398 e. The van der Waals surface area contributed by atoms with Gasteiger partial charge in [0.1, 0.15) is 0 Å². The molecule has 2 aromatic carbocycles. The van der Waals surface area contributed by atoms with Gasteiger partial charge in [0.05, 0.1) is 0 Å². The molecule has 2 nitrogen and oxygen atoms in total. The zero-order valence-corrected chi connectivity index (χ0v) is 11.6. The maximum Gasteiger partial charge on any atom is 0.0417 e. The smallest absolute Gasteiger partial charge is 0.0417 e. The van der Waals surface area contributed by atoms with Gasteiger partial charge in [0.2, 0.25) is 0 Å². The van der Waals surface area contributed by atoms with Crippen LogP contribution in [-0.2, 0) is 0 Å². The van der Waals surface area contributed by atoms with Crippen LogP contribution in [0.2, 0.25) is 0 Å². The monoisotopic (exact) mass is 252 g/mol. The van der Waals surface area contributed by atoms with Gasteiger partial charge in [0.25, 0.3) is 0 Å². The van der Waals surface area contributed by atoms with Crippen LogP contribution in [0.25, 0.3) is 0 Å². The quantitative estimate of drug-likeness (QED) is 0.829. The first-order valence-corrected chi connectivity index (χ1v) is 6.82. The Morgan fingerprint density at radius 3 is 2.37 bits per heavy atom. The topological polar surface area (TPSA) is 29.3 Å². The van der Waals surface area contributed by atoms with Crippen molar-refractivity contribution in [1.82, 2.24) is 0 Å². The number of nitrogens with two attached hydrogens (primary N) is 1. The summed E-state index contributed by atoms with van der Waals surface area (Å²) in [6, 6.07) is 15.0. The van der Waals surface area contributed by atoms with Crippen LogP contribution in [0, 0.1) is 13.8 Å². The summed E-state index contributed by atoms with van der Waals surface area (Å²) in [4.78, 5) is 2.42. The molecular weight excluding hydrogens is 232 g/mol. The van der Waals surface area contributed by atoms with E-state index in [9.17, 15) is 0 Å². The summed E-state index contributed by atoms with van der Waals surface area (Å²) < 4.78 is 0. The van der Waals surface area contributed by atoms with Gasteiger partial charge in [-0.2, -0.15) is 0 Å². The summed E-state index contributed by atoms with van der Waals surface area (Å²) in [7, 11) is 0. The van der Waals surface area contributed by atoms with E-state index >= 15 is 0 Å². The second-order valence-electron chi connectivity index (χ2n) is 5.51. The first kappa shape index (κ1) is 12.1. The van der Waals surface area contributed by atoms with Crippen LogP contribution < -0.4 is 10.6 Å². The van der Waals surface area contributed by atoms with E-state index in [2.05, 4.69) is 61.2 Å². The van der Waals surface area contributed by atoms with Gasteiger partial charge >= 0.3 is 0 Å². The molecule has 1 aliphatic rings. The van der Waals surface area contributed by atoms with Crippen molar-refractivity contribution in [3.63, 3.8) is 0 Å². The molecule has 1 aliphatic heterocycles. The van der Waals surface area contributed by atoms with Crippen molar-refractivity contribution in [2.75, 3.05) is 23.7 Å². The lowest BCUT2D eigenvalue weighted by Crippen LogP contribution is -2.45. The van der Waals surface area contributed by atoms with Gasteiger partial charge in [-0.3, -0.25) is 0 Å². The highest BCUT2D eigenvalue weighted by molar-refractivity contribution is 5.65. The molecular formula is C17H20N2. The number of nitrogens with zero attached hydrogens (tertiary/aromatic N) is 1. The molecule has 0 bridgehead atoms. The molecule has 0 atom stereocenters. The Labute approximate surface area is 114 Å². The first-order valence-electron chi connectivity index (χ1n) is 6.82. The van der Waals surface area contributed by atoms with Gasteiger partial charge in [0, 0.05) is 30.4 Å². The summed E-state index contributed by atoms with van der Waals surface area (Å²) in [5.41, 5.74) is 12.1. The lowest BCUT2D eigenvalue weighted by atomic mass is 9.90. The molecule has 0 saturated carbocycles. The fourth-order valence-corrected chi connectivity index (χ4v) is 2.81. The molecule has 98 valence electrons. The minimum Gasteiger partial charge on any atom is -0.398 e. The van der Waals surface area contributed by atoms with Crippen molar-refractivity contribution in [3.05, 3.63) is 59.2 Å². The van der Waals surface area contributed by atoms with Gasteiger partial charge in [-0.1, -0.05) is 36.4 Å². The lowest BCUT2D eigenvalue weighted by molar-refractivity contribution is 0.524. The van der Waals surface area contributed by atoms with E-state index in [1.54, 1.807) is 0 Å². The number of rotatable bonds is 2. The standard InChI is InChI=1S/C17H20N2/c1-12-8-13(2)17(9-16(12)18)19-10-15(11-19)14-6-4-3-5-7-14/h3-9,15H,10-11,18H2,1-2H3. The minimum absolute atomic E-state index is 0.656. The van der Waals surface area contributed by atoms with E-state index in [0.29, 0.717) is 5.92 Å². The summed E-state index contributed by atoms with van der Waals surface area (Å²) in [6.45, 7) is 6.41. The summed E-state index contributed by atoms with van der Waals surface area (Å²) in [5, 5.41) is 0. The average molecular weight is 252 g/mol. The third-order valence-corrected chi connectivity index (χ3v) is 4.08. The number of aryl methyl sites for hydroxylation is 2. The molecule has 2 heteroatoms. The van der Waals surface area contributed by atoms with E-state index in [1.165, 1.54) is 22.4 Å². The molecule has 1 fully saturated rings. The molecule has 19 heavy (non-hydrogen) atoms. The Morgan fingerprint density at radius 1 is 1.00 bits per heavy atom. The van der Waals surface area contributed by atoms with Gasteiger partial charge in [0.15, 0.2) is 0 Å². The van der Waals surface area contributed by atoms with Crippen LogP contribution in [-0.4, -0.2) is 13.1 Å². The van der Waals surface area contributed by atoms with Crippen molar-refractivity contribution in [2.45, 2.75) is 19.8 Å². The summed E-state index contributed by atoms with van der Waals surface area (Å²) >= 11 is 0. The molecule has 0 radical (unpaired) electrons. The maximum atomic E-state index is 6.03. The number of anilines is 2. The van der Waals surface area contributed by atoms with Crippen LogP contribution in [0.1, 0.15) is 22.6 Å². The van der Waals surface area contributed by atoms with Gasteiger partial charge < -0.3 is 10.6 Å². The molecule has 2 aromatic rings. The highest BCUT2D eigenvalue weighted by Crippen LogP contribution is 2.35. The zero-order chi connectivity index (χ0) is 13.4. The van der Waals surface area contributed by atoms with Crippen molar-refractivity contribution < 1.29 is 0 Å². The van der Waals surface area contributed by atoms with Gasteiger partial charge in [-0.25, -0.2) is 0 Å². The Morgan fingerprint density at radius 2 is 1.68 bits per heavy atom. The summed E-state index contributed by atoms with van der Waals surface area (Å²) in [6.07, 6.45) is 0. The molecule has 0 spiro atoms. The van der Waals surface area contributed by atoms with Crippen LogP contribution in [0.3, 0.4) is 0 Å². The molecule has 0 amide bonds. The molecule has 0 aliphatic carbocycles. The lowest BCUT2D eigenvalue weighted by Gasteiger charge is -2.42. The van der Waals surface area contributed by atoms with Crippen molar-refractivity contribution in [3.8, 4) is 0 Å². The molecule has 2 N–H and O–H groups in total. The number of benzene rings is 2. The van der Waals surface area contributed by atoms with E-state index in [1.807, 2.05) is 0 Å². The zero-order valence-electron chi connectivity index (χ0n) is 11.6. The highest BCUT2D eigenvalue weighted by atomic mass is 15.2. The molecule has 1 saturated heterocycles. The third-order valence-electron chi connectivity index (χ3n) is 4.08. The average Bonchev–Trinajstić information content (AvgIpc) is 2.35. The second-order valence-corrected chi connectivity index (χ2v) is 5.51.